The number of imidazole rings is 1. The van der Waals surface area contributed by atoms with Gasteiger partial charge in [0.15, 0.2) is 5.13 Å². The van der Waals surface area contributed by atoms with Crippen LogP contribution in [0, 0.1) is 5.82 Å². The number of amides is 1. The van der Waals surface area contributed by atoms with Crippen molar-refractivity contribution < 1.29 is 13.9 Å². The monoisotopic (exact) mass is 480 g/mol. The van der Waals surface area contributed by atoms with Gasteiger partial charge in [-0.05, 0) is 36.8 Å². The van der Waals surface area contributed by atoms with Crippen LogP contribution in [-0.2, 0) is 6.54 Å². The van der Waals surface area contributed by atoms with Crippen molar-refractivity contribution in [3.05, 3.63) is 71.5 Å². The van der Waals surface area contributed by atoms with Crippen molar-refractivity contribution in [2.24, 2.45) is 0 Å². The van der Waals surface area contributed by atoms with Gasteiger partial charge < -0.3 is 9.30 Å². The van der Waals surface area contributed by atoms with Crippen LogP contribution in [0.4, 0.5) is 9.52 Å². The van der Waals surface area contributed by atoms with Crippen LogP contribution in [0.5, 0.6) is 5.75 Å². The van der Waals surface area contributed by atoms with E-state index in [4.69, 9.17) is 16.3 Å². The van der Waals surface area contributed by atoms with Crippen molar-refractivity contribution in [2.75, 3.05) is 18.6 Å². The first-order valence-corrected chi connectivity index (χ1v) is 10.4. The van der Waals surface area contributed by atoms with E-state index in [1.807, 2.05) is 29.0 Å². The first-order chi connectivity index (χ1) is 14.6. The topological polar surface area (TPSA) is 60.2 Å². The molecule has 0 bridgehead atoms. The van der Waals surface area contributed by atoms with Gasteiger partial charge >= 0.3 is 0 Å². The molecule has 0 atom stereocenters. The molecule has 0 saturated heterocycles. The van der Waals surface area contributed by atoms with Crippen molar-refractivity contribution in [3.63, 3.8) is 0 Å². The second-order valence-corrected chi connectivity index (χ2v) is 7.95. The van der Waals surface area contributed by atoms with Gasteiger partial charge in [-0.15, -0.1) is 12.4 Å². The third-order valence-corrected chi connectivity index (χ3v) is 5.95. The van der Waals surface area contributed by atoms with E-state index in [1.165, 1.54) is 34.4 Å². The number of hydrogen-bond acceptors (Lipinski definition) is 5. The van der Waals surface area contributed by atoms with Gasteiger partial charge in [0.2, 0.25) is 0 Å². The number of methoxy groups -OCH3 is 1. The van der Waals surface area contributed by atoms with E-state index in [0.29, 0.717) is 30.4 Å². The fraction of sp³-hybridized carbons (Fsp3) is 0.190. The number of fused-ring (bicyclic) bond motifs is 1. The maximum absolute atomic E-state index is 14.4. The third-order valence-electron chi connectivity index (χ3n) is 4.59. The predicted octanol–water partition coefficient (Wildman–Crippen LogP) is 5.45. The first-order valence-electron chi connectivity index (χ1n) is 9.23. The minimum Gasteiger partial charge on any atom is -0.497 e. The summed E-state index contributed by atoms with van der Waals surface area (Å²) in [5.74, 6) is -0.475. The Morgan fingerprint density at radius 2 is 2.16 bits per heavy atom. The van der Waals surface area contributed by atoms with Gasteiger partial charge in [-0.3, -0.25) is 9.69 Å². The lowest BCUT2D eigenvalue weighted by Gasteiger charge is -2.21. The molecule has 0 radical (unpaired) electrons. The molecule has 2 aromatic heterocycles. The number of halogens is 3. The summed E-state index contributed by atoms with van der Waals surface area (Å²) in [5, 5.41) is 0.551. The predicted molar refractivity (Wildman–Crippen MR) is 123 cm³/mol. The molecule has 0 unspecified atom stereocenters. The third kappa shape index (κ3) is 4.98. The van der Waals surface area contributed by atoms with Gasteiger partial charge in [0, 0.05) is 25.5 Å². The molecule has 0 spiro atoms. The van der Waals surface area contributed by atoms with E-state index in [9.17, 15) is 9.18 Å². The summed E-state index contributed by atoms with van der Waals surface area (Å²) in [7, 11) is 1.59. The molecule has 0 N–H and O–H groups in total. The van der Waals surface area contributed by atoms with Gasteiger partial charge in [-0.2, -0.15) is 0 Å². The zero-order valence-electron chi connectivity index (χ0n) is 16.5. The molecule has 31 heavy (non-hydrogen) atoms. The number of nitrogens with zero attached hydrogens (tertiary/aromatic N) is 4. The van der Waals surface area contributed by atoms with Crippen LogP contribution in [0.15, 0.2) is 55.1 Å². The van der Waals surface area contributed by atoms with Gasteiger partial charge in [-0.1, -0.05) is 29.0 Å². The summed E-state index contributed by atoms with van der Waals surface area (Å²) >= 11 is 7.50. The number of thiazole rings is 1. The summed E-state index contributed by atoms with van der Waals surface area (Å²) in [5.41, 5.74) is 0.585. The zero-order valence-corrected chi connectivity index (χ0v) is 18.9. The zero-order chi connectivity index (χ0) is 21.1. The summed E-state index contributed by atoms with van der Waals surface area (Å²) < 4.78 is 22.5. The molecule has 2 heterocycles. The molecule has 0 fully saturated rings. The number of benzene rings is 2. The Morgan fingerprint density at radius 1 is 1.32 bits per heavy atom. The van der Waals surface area contributed by atoms with Crippen LogP contribution in [-0.4, -0.2) is 34.1 Å². The molecule has 0 saturated carbocycles. The summed E-state index contributed by atoms with van der Waals surface area (Å²) in [6.07, 6.45) is 5.89. The normalized spacial score (nSPS) is 10.7. The Balaban J connectivity index is 0.00000272. The number of rotatable bonds is 7. The van der Waals surface area contributed by atoms with Crippen LogP contribution < -0.4 is 9.64 Å². The van der Waals surface area contributed by atoms with E-state index < -0.39 is 11.7 Å². The van der Waals surface area contributed by atoms with Gasteiger partial charge in [0.05, 0.1) is 34.2 Å². The Hall–Kier alpha value is -2.68. The second-order valence-electron chi connectivity index (χ2n) is 6.54. The number of aryl methyl sites for hydroxylation is 1. The van der Waals surface area contributed by atoms with Gasteiger partial charge in [0.1, 0.15) is 11.6 Å². The molecule has 2 aromatic carbocycles. The molecule has 6 nitrogen and oxygen atoms in total. The van der Waals surface area contributed by atoms with E-state index in [-0.39, 0.29) is 23.0 Å². The SMILES string of the molecule is COc1ccc2nc(N(CCCn3ccnc3)C(=O)c3c(F)cccc3Cl)sc2c1.Cl. The smallest absolute Gasteiger partial charge is 0.264 e. The molecular formula is C21H19Cl2FN4O2S. The number of hydrogen-bond donors (Lipinski definition) is 0. The van der Waals surface area contributed by atoms with Gasteiger partial charge in [0.25, 0.3) is 5.91 Å². The Morgan fingerprint density at radius 3 is 2.87 bits per heavy atom. The number of anilines is 1. The fourth-order valence-electron chi connectivity index (χ4n) is 3.09. The van der Waals surface area contributed by atoms with Crippen molar-refractivity contribution in [2.45, 2.75) is 13.0 Å². The molecule has 0 aliphatic carbocycles. The lowest BCUT2D eigenvalue weighted by molar-refractivity contribution is 0.0982. The molecule has 4 rings (SSSR count). The number of carbonyl (C=O) groups excluding carboxylic acids is 1. The quantitative estimate of drug-likeness (QED) is 0.352. The van der Waals surface area contributed by atoms with Crippen LogP contribution in [0.25, 0.3) is 10.2 Å². The molecular weight excluding hydrogens is 462 g/mol. The Kier molecular flexibility index (Phi) is 7.48. The fourth-order valence-corrected chi connectivity index (χ4v) is 4.35. The highest BCUT2D eigenvalue weighted by atomic mass is 35.5. The van der Waals surface area contributed by atoms with E-state index in [1.54, 1.807) is 19.6 Å². The minimum absolute atomic E-state index is 0. The molecule has 1 amide bonds. The standard InChI is InChI=1S/C21H18ClFN4O2S.ClH/c1-29-14-6-7-17-18(12-14)30-21(25-17)27(10-3-9-26-11-8-24-13-26)20(28)19-15(22)4-2-5-16(19)23;/h2,4-8,11-13H,3,9-10H2,1H3;1H. The average Bonchev–Trinajstić information content (AvgIpc) is 3.39. The Bertz CT molecular complexity index is 1160. The highest BCUT2D eigenvalue weighted by Crippen LogP contribution is 2.33. The molecule has 4 aromatic rings. The van der Waals surface area contributed by atoms with E-state index in [2.05, 4.69) is 9.97 Å². The van der Waals surface area contributed by atoms with Crippen LogP contribution in [0.1, 0.15) is 16.8 Å². The summed E-state index contributed by atoms with van der Waals surface area (Å²) in [4.78, 5) is 23.4. The van der Waals surface area contributed by atoms with Crippen molar-refractivity contribution in [1.82, 2.24) is 14.5 Å². The lowest BCUT2D eigenvalue weighted by Crippen LogP contribution is -2.33. The largest absolute Gasteiger partial charge is 0.497 e. The lowest BCUT2D eigenvalue weighted by atomic mass is 10.2. The van der Waals surface area contributed by atoms with Crippen molar-refractivity contribution >= 4 is 56.6 Å². The number of aromatic nitrogens is 3. The van der Waals surface area contributed by atoms with E-state index in [0.717, 1.165) is 10.2 Å². The van der Waals surface area contributed by atoms with Crippen LogP contribution in [0.3, 0.4) is 0 Å². The maximum Gasteiger partial charge on any atom is 0.264 e. The Labute approximate surface area is 193 Å². The highest BCUT2D eigenvalue weighted by Gasteiger charge is 2.25. The molecule has 10 heteroatoms. The van der Waals surface area contributed by atoms with Gasteiger partial charge in [-0.25, -0.2) is 14.4 Å². The summed E-state index contributed by atoms with van der Waals surface area (Å²) in [6.45, 7) is 1.01. The number of carbonyl (C=O) groups is 1. The molecule has 0 aliphatic heterocycles. The number of ether oxygens (including phenoxy) is 1. The average molecular weight is 481 g/mol. The van der Waals surface area contributed by atoms with E-state index >= 15 is 0 Å². The van der Waals surface area contributed by atoms with Crippen LogP contribution >= 0.6 is 35.3 Å². The first kappa shape index (κ1) is 23.0. The molecule has 0 aliphatic rings. The minimum atomic E-state index is -0.658. The summed E-state index contributed by atoms with van der Waals surface area (Å²) in [6, 6.07) is 9.71. The van der Waals surface area contributed by atoms with Crippen molar-refractivity contribution in [1.29, 1.82) is 0 Å². The maximum atomic E-state index is 14.4. The van der Waals surface area contributed by atoms with Crippen molar-refractivity contribution in [3.8, 4) is 5.75 Å². The highest BCUT2D eigenvalue weighted by molar-refractivity contribution is 7.22. The molecule has 162 valence electrons. The van der Waals surface area contributed by atoms with Crippen LogP contribution in [0.2, 0.25) is 5.02 Å². The second kappa shape index (κ2) is 10.1.